The van der Waals surface area contributed by atoms with Crippen LogP contribution in [-0.4, -0.2) is 47.8 Å². The Bertz CT molecular complexity index is 1710. The largest absolute Gasteiger partial charge is 0.494 e. The summed E-state index contributed by atoms with van der Waals surface area (Å²) in [5, 5.41) is 12.1. The second-order valence-electron chi connectivity index (χ2n) is 10.4. The van der Waals surface area contributed by atoms with Gasteiger partial charge in [-0.25, -0.2) is 9.18 Å². The van der Waals surface area contributed by atoms with Crippen molar-refractivity contribution in [1.29, 1.82) is 0 Å². The van der Waals surface area contributed by atoms with Gasteiger partial charge in [0.1, 0.15) is 11.0 Å². The number of ether oxygens (including phenoxy) is 5. The van der Waals surface area contributed by atoms with Gasteiger partial charge in [0.25, 0.3) is 5.79 Å². The predicted octanol–water partition coefficient (Wildman–Crippen LogP) is 5.35. The molecule has 1 aromatic heterocycles. The third-order valence-corrected chi connectivity index (χ3v) is 8.14. The number of benzene rings is 3. The van der Waals surface area contributed by atoms with Crippen LogP contribution >= 0.6 is 11.7 Å². The number of esters is 1. The number of hydrogen-bond acceptors (Lipinski definition) is 10. The van der Waals surface area contributed by atoms with Crippen LogP contribution in [0.15, 0.2) is 48.0 Å². The van der Waals surface area contributed by atoms with Gasteiger partial charge in [0, 0.05) is 17.6 Å². The van der Waals surface area contributed by atoms with Crippen LogP contribution in [0.3, 0.4) is 0 Å². The molecule has 1 N–H and O–H groups in total. The maximum Gasteiger partial charge on any atom is 0.342 e. The average molecular weight is 593 g/mol. The number of nitrogens with zero attached hydrogens (tertiary/aromatic N) is 2. The zero-order valence-electron chi connectivity index (χ0n) is 23.5. The Balaban J connectivity index is 1.51. The molecule has 0 saturated heterocycles. The molecule has 6 rings (SSSR count). The zero-order valence-corrected chi connectivity index (χ0v) is 24.3. The molecule has 0 bridgehead atoms. The van der Waals surface area contributed by atoms with Crippen molar-refractivity contribution in [3.63, 3.8) is 0 Å². The fourth-order valence-corrected chi connectivity index (χ4v) is 5.80. The Kier molecular flexibility index (Phi) is 7.24. The molecule has 0 amide bonds. The van der Waals surface area contributed by atoms with Gasteiger partial charge in [0.2, 0.25) is 5.75 Å². The van der Waals surface area contributed by atoms with Crippen molar-refractivity contribution in [3.8, 4) is 23.0 Å². The molecule has 42 heavy (non-hydrogen) atoms. The van der Waals surface area contributed by atoms with Gasteiger partial charge in [-0.3, -0.25) is 0 Å². The summed E-state index contributed by atoms with van der Waals surface area (Å²) in [7, 11) is 4.41. The third kappa shape index (κ3) is 4.92. The average Bonchev–Trinajstić information content (AvgIpc) is 3.61. The van der Waals surface area contributed by atoms with E-state index in [0.29, 0.717) is 46.4 Å². The number of cyclic esters (lactones) is 1. The molecular weight excluding hydrogens is 563 g/mol. The van der Waals surface area contributed by atoms with Crippen LogP contribution in [0, 0.1) is 18.7 Å². The maximum atomic E-state index is 14.9. The molecule has 11 heteroatoms. The van der Waals surface area contributed by atoms with E-state index < -0.39 is 17.6 Å². The van der Waals surface area contributed by atoms with Crippen molar-refractivity contribution in [2.75, 3.05) is 27.9 Å². The number of carbonyl (C=O) groups excluding carboxylic acids is 1. The van der Waals surface area contributed by atoms with Crippen molar-refractivity contribution in [2.45, 2.75) is 32.0 Å². The SMILES string of the molecule is COc1ccc(C2(O)OC(=O)C(c3cc(C)c4nsnc4c3)=C2Cc2cc(OC)c(OCC3CC3)c(OC)c2)cc1F. The molecular formula is C31H29FN2O7S. The van der Waals surface area contributed by atoms with E-state index in [4.69, 9.17) is 23.7 Å². The monoisotopic (exact) mass is 592 g/mol. The number of methoxy groups -OCH3 is 3. The Morgan fingerprint density at radius 2 is 1.74 bits per heavy atom. The summed E-state index contributed by atoms with van der Waals surface area (Å²) < 4.78 is 51.6. The standard InChI is InChI=1S/C31H29FN2O7S/c1-16-9-19(13-23-28(16)34-42-33-23)27-21(31(36,41-30(27)35)20-7-8-24(37-2)22(32)14-20)10-18-11-25(38-3)29(26(12-18)39-4)40-15-17-5-6-17/h7-9,11-14,17,36H,5-6,10,15H2,1-4H3. The van der Waals surface area contributed by atoms with E-state index in [2.05, 4.69) is 8.75 Å². The minimum atomic E-state index is -2.27. The Morgan fingerprint density at radius 3 is 2.38 bits per heavy atom. The van der Waals surface area contributed by atoms with Crippen LogP contribution in [-0.2, 0) is 21.7 Å². The van der Waals surface area contributed by atoms with Gasteiger partial charge in [0.15, 0.2) is 23.1 Å². The molecule has 1 atom stereocenters. The minimum Gasteiger partial charge on any atom is -0.494 e. The highest BCUT2D eigenvalue weighted by molar-refractivity contribution is 7.00. The predicted molar refractivity (Wildman–Crippen MR) is 153 cm³/mol. The second-order valence-corrected chi connectivity index (χ2v) is 11.0. The lowest BCUT2D eigenvalue weighted by Gasteiger charge is -2.26. The van der Waals surface area contributed by atoms with Crippen LogP contribution in [0.2, 0.25) is 0 Å². The molecule has 0 radical (unpaired) electrons. The van der Waals surface area contributed by atoms with Crippen LogP contribution in [0.25, 0.3) is 16.6 Å². The first kappa shape index (κ1) is 27.9. The Labute approximate surface area is 245 Å². The van der Waals surface area contributed by atoms with Crippen molar-refractivity contribution in [1.82, 2.24) is 8.75 Å². The van der Waals surface area contributed by atoms with Crippen molar-refractivity contribution in [3.05, 3.63) is 76.1 Å². The lowest BCUT2D eigenvalue weighted by Crippen LogP contribution is -2.30. The molecule has 218 valence electrons. The molecule has 4 aromatic rings. The van der Waals surface area contributed by atoms with E-state index in [1.807, 2.05) is 6.92 Å². The first-order valence-electron chi connectivity index (χ1n) is 13.4. The van der Waals surface area contributed by atoms with Crippen molar-refractivity contribution < 1.29 is 38.0 Å². The van der Waals surface area contributed by atoms with Crippen LogP contribution in [0.4, 0.5) is 4.39 Å². The lowest BCUT2D eigenvalue weighted by molar-refractivity contribution is -0.185. The number of aliphatic hydroxyl groups is 1. The second kappa shape index (κ2) is 10.9. The van der Waals surface area contributed by atoms with Crippen LogP contribution < -0.4 is 18.9 Å². The van der Waals surface area contributed by atoms with Gasteiger partial charge in [-0.2, -0.15) is 8.75 Å². The van der Waals surface area contributed by atoms with E-state index in [1.165, 1.54) is 33.5 Å². The van der Waals surface area contributed by atoms with E-state index in [1.54, 1.807) is 24.3 Å². The normalized spacial score (nSPS) is 18.4. The summed E-state index contributed by atoms with van der Waals surface area (Å²) in [5.41, 5.74) is 3.70. The Hall–Kier alpha value is -4.22. The van der Waals surface area contributed by atoms with Gasteiger partial charge in [-0.05, 0) is 84.8 Å². The number of aromatic nitrogens is 2. The van der Waals surface area contributed by atoms with Crippen molar-refractivity contribution >= 4 is 34.3 Å². The summed E-state index contributed by atoms with van der Waals surface area (Å²) in [6, 6.07) is 11.0. The fourth-order valence-electron chi connectivity index (χ4n) is 5.22. The summed E-state index contributed by atoms with van der Waals surface area (Å²) in [5.74, 6) is -1.86. The zero-order chi connectivity index (χ0) is 29.6. The van der Waals surface area contributed by atoms with Gasteiger partial charge in [-0.15, -0.1) is 0 Å². The molecule has 0 spiro atoms. The number of rotatable bonds is 10. The highest BCUT2D eigenvalue weighted by atomic mass is 32.1. The van der Waals surface area contributed by atoms with Gasteiger partial charge < -0.3 is 28.8 Å². The van der Waals surface area contributed by atoms with Crippen LogP contribution in [0.5, 0.6) is 23.0 Å². The van der Waals surface area contributed by atoms with E-state index in [-0.39, 0.29) is 28.9 Å². The topological polar surface area (TPSA) is 109 Å². The molecule has 1 aliphatic carbocycles. The molecule has 2 heterocycles. The quantitative estimate of drug-likeness (QED) is 0.244. The summed E-state index contributed by atoms with van der Waals surface area (Å²) in [4.78, 5) is 13.6. The summed E-state index contributed by atoms with van der Waals surface area (Å²) in [6.45, 7) is 2.43. The smallest absolute Gasteiger partial charge is 0.342 e. The molecule has 1 unspecified atom stereocenters. The summed E-state index contributed by atoms with van der Waals surface area (Å²) >= 11 is 1.07. The number of fused-ring (bicyclic) bond motifs is 1. The Morgan fingerprint density at radius 1 is 1.02 bits per heavy atom. The van der Waals surface area contributed by atoms with Crippen molar-refractivity contribution in [2.24, 2.45) is 5.92 Å². The third-order valence-electron chi connectivity index (χ3n) is 7.60. The maximum absolute atomic E-state index is 14.9. The minimum absolute atomic E-state index is 0.00852. The van der Waals surface area contributed by atoms with E-state index >= 15 is 0 Å². The number of carbonyl (C=O) groups is 1. The van der Waals surface area contributed by atoms with Crippen LogP contribution in [0.1, 0.15) is 35.1 Å². The molecule has 1 saturated carbocycles. The van der Waals surface area contributed by atoms with Gasteiger partial charge in [-0.1, -0.05) is 0 Å². The lowest BCUT2D eigenvalue weighted by atomic mass is 9.87. The van der Waals surface area contributed by atoms with Gasteiger partial charge >= 0.3 is 5.97 Å². The van der Waals surface area contributed by atoms with E-state index in [0.717, 1.165) is 41.7 Å². The number of hydrogen-bond donors (Lipinski definition) is 1. The fraction of sp³-hybridized carbons (Fsp3) is 0.323. The molecule has 1 aliphatic heterocycles. The summed E-state index contributed by atoms with van der Waals surface area (Å²) in [6.07, 6.45) is 2.29. The van der Waals surface area contributed by atoms with Gasteiger partial charge in [0.05, 0.1) is 45.2 Å². The molecule has 1 fully saturated rings. The number of aryl methyl sites for hydroxylation is 1. The first-order valence-corrected chi connectivity index (χ1v) is 14.1. The molecule has 2 aliphatic rings. The highest BCUT2D eigenvalue weighted by Gasteiger charge is 2.48. The number of halogens is 1. The molecule has 3 aromatic carbocycles. The molecule has 9 nitrogen and oxygen atoms in total. The highest BCUT2D eigenvalue weighted by Crippen LogP contribution is 2.47. The first-order chi connectivity index (χ1) is 20.2. The van der Waals surface area contributed by atoms with E-state index in [9.17, 15) is 14.3 Å².